The lowest BCUT2D eigenvalue weighted by Gasteiger charge is -2.14. The summed E-state index contributed by atoms with van der Waals surface area (Å²) >= 11 is 0. The fraction of sp³-hybridized carbons (Fsp3) is 0.143. The number of nitrogens with zero attached hydrogens (tertiary/aromatic N) is 1. The number of rotatable bonds is 4. The van der Waals surface area contributed by atoms with Crippen LogP contribution in [0.2, 0.25) is 0 Å². The van der Waals surface area contributed by atoms with Crippen LogP contribution in [0.25, 0.3) is 0 Å². The molecule has 0 unspecified atom stereocenters. The number of benzene rings is 2. The maximum atomic E-state index is 12.2. The third-order valence-corrected chi connectivity index (χ3v) is 4.16. The first-order chi connectivity index (χ1) is 9.38. The topological polar surface area (TPSA) is 69.6 Å². The van der Waals surface area contributed by atoms with Crippen LogP contribution in [-0.2, 0) is 10.0 Å². The van der Waals surface area contributed by atoms with Crippen molar-refractivity contribution in [2.75, 3.05) is 23.7 Å². The zero-order valence-electron chi connectivity index (χ0n) is 11.2. The Kier molecular flexibility index (Phi) is 3.85. The van der Waals surface area contributed by atoms with Gasteiger partial charge in [-0.3, -0.25) is 4.72 Å². The van der Waals surface area contributed by atoms with Crippen molar-refractivity contribution in [3.05, 3.63) is 48.5 Å². The van der Waals surface area contributed by atoms with Gasteiger partial charge in [-0.2, -0.15) is 0 Å². The predicted octanol–water partition coefficient (Wildman–Crippen LogP) is 2.26. The SMILES string of the molecule is CN(C)c1cccc(NS(=O)(=O)c2ccc(O)cc2)c1. The summed E-state index contributed by atoms with van der Waals surface area (Å²) in [6, 6.07) is 12.5. The van der Waals surface area contributed by atoms with Crippen molar-refractivity contribution < 1.29 is 13.5 Å². The van der Waals surface area contributed by atoms with Crippen molar-refractivity contribution in [3.8, 4) is 5.75 Å². The van der Waals surface area contributed by atoms with E-state index in [4.69, 9.17) is 0 Å². The van der Waals surface area contributed by atoms with Crippen molar-refractivity contribution in [2.45, 2.75) is 4.90 Å². The zero-order chi connectivity index (χ0) is 14.8. The summed E-state index contributed by atoms with van der Waals surface area (Å²) in [6.07, 6.45) is 0. The Balaban J connectivity index is 2.28. The van der Waals surface area contributed by atoms with Gasteiger partial charge in [0.25, 0.3) is 10.0 Å². The standard InChI is InChI=1S/C14H16N2O3S/c1-16(2)12-5-3-4-11(10-12)15-20(18,19)14-8-6-13(17)7-9-14/h3-10,15,17H,1-2H3. The molecule has 20 heavy (non-hydrogen) atoms. The largest absolute Gasteiger partial charge is 0.508 e. The van der Waals surface area contributed by atoms with Crippen LogP contribution in [0, 0.1) is 0 Å². The highest BCUT2D eigenvalue weighted by Crippen LogP contribution is 2.21. The second kappa shape index (κ2) is 5.42. The molecule has 106 valence electrons. The normalized spacial score (nSPS) is 11.1. The van der Waals surface area contributed by atoms with E-state index in [1.807, 2.05) is 25.1 Å². The van der Waals surface area contributed by atoms with Crippen molar-refractivity contribution >= 4 is 21.4 Å². The van der Waals surface area contributed by atoms with Gasteiger partial charge < -0.3 is 10.0 Å². The number of hydrogen-bond donors (Lipinski definition) is 2. The van der Waals surface area contributed by atoms with E-state index in [-0.39, 0.29) is 10.6 Å². The number of anilines is 2. The summed E-state index contributed by atoms with van der Waals surface area (Å²) in [5, 5.41) is 9.19. The number of hydrogen-bond acceptors (Lipinski definition) is 4. The molecule has 0 aliphatic heterocycles. The lowest BCUT2D eigenvalue weighted by Crippen LogP contribution is -2.14. The van der Waals surface area contributed by atoms with Crippen molar-refractivity contribution in [1.29, 1.82) is 0 Å². The quantitative estimate of drug-likeness (QED) is 0.907. The summed E-state index contributed by atoms with van der Waals surface area (Å²) in [6.45, 7) is 0. The van der Waals surface area contributed by atoms with E-state index in [9.17, 15) is 13.5 Å². The van der Waals surface area contributed by atoms with Gasteiger partial charge in [-0.25, -0.2) is 8.42 Å². The van der Waals surface area contributed by atoms with E-state index < -0.39 is 10.0 Å². The zero-order valence-corrected chi connectivity index (χ0v) is 12.1. The molecule has 0 atom stereocenters. The molecule has 2 aromatic carbocycles. The summed E-state index contributed by atoms with van der Waals surface area (Å²) in [5.74, 6) is 0.0264. The van der Waals surface area contributed by atoms with Crippen LogP contribution in [0.15, 0.2) is 53.4 Å². The second-order valence-corrected chi connectivity index (χ2v) is 6.23. The molecular weight excluding hydrogens is 276 g/mol. The van der Waals surface area contributed by atoms with E-state index in [1.165, 1.54) is 24.3 Å². The van der Waals surface area contributed by atoms with Crippen LogP contribution < -0.4 is 9.62 Å². The molecule has 0 saturated heterocycles. The van der Waals surface area contributed by atoms with Gasteiger partial charge in [0.05, 0.1) is 10.6 Å². The highest BCUT2D eigenvalue weighted by Gasteiger charge is 2.14. The molecule has 0 heterocycles. The maximum absolute atomic E-state index is 12.2. The van der Waals surface area contributed by atoms with Crippen LogP contribution in [0.4, 0.5) is 11.4 Å². The first-order valence-corrected chi connectivity index (χ1v) is 7.46. The average Bonchev–Trinajstić information content (AvgIpc) is 2.39. The minimum absolute atomic E-state index is 0.0264. The minimum atomic E-state index is -3.65. The van der Waals surface area contributed by atoms with Gasteiger partial charge in [-0.1, -0.05) is 6.07 Å². The van der Waals surface area contributed by atoms with E-state index in [2.05, 4.69) is 4.72 Å². The van der Waals surface area contributed by atoms with Crippen molar-refractivity contribution in [1.82, 2.24) is 0 Å². The van der Waals surface area contributed by atoms with Crippen LogP contribution in [0.5, 0.6) is 5.75 Å². The molecule has 0 saturated carbocycles. The van der Waals surface area contributed by atoms with Gasteiger partial charge in [0.2, 0.25) is 0 Å². The molecule has 0 radical (unpaired) electrons. The average molecular weight is 292 g/mol. The van der Waals surface area contributed by atoms with Crippen LogP contribution in [0.3, 0.4) is 0 Å². The molecule has 0 aliphatic carbocycles. The summed E-state index contributed by atoms with van der Waals surface area (Å²) in [5.41, 5.74) is 1.39. The van der Waals surface area contributed by atoms with Crippen LogP contribution >= 0.6 is 0 Å². The van der Waals surface area contributed by atoms with Gasteiger partial charge in [0, 0.05) is 19.8 Å². The Morgan fingerprint density at radius 1 is 1.05 bits per heavy atom. The summed E-state index contributed by atoms with van der Waals surface area (Å²) < 4.78 is 26.9. The third-order valence-electron chi connectivity index (χ3n) is 2.76. The third kappa shape index (κ3) is 3.21. The fourth-order valence-corrected chi connectivity index (χ4v) is 2.74. The molecule has 0 bridgehead atoms. The van der Waals surface area contributed by atoms with Crippen molar-refractivity contribution in [3.63, 3.8) is 0 Å². The number of nitrogens with one attached hydrogen (secondary N) is 1. The highest BCUT2D eigenvalue weighted by molar-refractivity contribution is 7.92. The molecule has 0 spiro atoms. The molecular formula is C14H16N2O3S. The molecule has 2 rings (SSSR count). The van der Waals surface area contributed by atoms with Crippen molar-refractivity contribution in [2.24, 2.45) is 0 Å². The van der Waals surface area contributed by atoms with E-state index >= 15 is 0 Å². The Bertz CT molecular complexity index is 695. The molecule has 5 nitrogen and oxygen atoms in total. The van der Waals surface area contributed by atoms with Gasteiger partial charge >= 0.3 is 0 Å². The van der Waals surface area contributed by atoms with Gasteiger partial charge in [-0.15, -0.1) is 0 Å². The number of sulfonamides is 1. The number of phenols is 1. The van der Waals surface area contributed by atoms with E-state index in [0.29, 0.717) is 5.69 Å². The van der Waals surface area contributed by atoms with E-state index in [0.717, 1.165) is 5.69 Å². The molecule has 2 N–H and O–H groups in total. The van der Waals surface area contributed by atoms with Gasteiger partial charge in [-0.05, 0) is 42.5 Å². The Labute approximate surface area is 118 Å². The maximum Gasteiger partial charge on any atom is 0.261 e. The number of phenolic OH excluding ortho intramolecular Hbond substituents is 1. The Morgan fingerprint density at radius 3 is 2.30 bits per heavy atom. The van der Waals surface area contributed by atoms with Crippen LogP contribution in [0.1, 0.15) is 0 Å². The summed E-state index contributed by atoms with van der Waals surface area (Å²) in [4.78, 5) is 1.99. The smallest absolute Gasteiger partial charge is 0.261 e. The minimum Gasteiger partial charge on any atom is -0.508 e. The van der Waals surface area contributed by atoms with E-state index in [1.54, 1.807) is 18.2 Å². The lowest BCUT2D eigenvalue weighted by molar-refractivity contribution is 0.475. The molecule has 0 amide bonds. The highest BCUT2D eigenvalue weighted by atomic mass is 32.2. The molecule has 0 fully saturated rings. The fourth-order valence-electron chi connectivity index (χ4n) is 1.69. The Hall–Kier alpha value is -2.21. The molecule has 6 heteroatoms. The number of aromatic hydroxyl groups is 1. The predicted molar refractivity (Wildman–Crippen MR) is 79.7 cm³/mol. The van der Waals surface area contributed by atoms with Gasteiger partial charge in [0.15, 0.2) is 0 Å². The second-order valence-electron chi connectivity index (χ2n) is 4.54. The molecule has 2 aromatic rings. The molecule has 0 aromatic heterocycles. The monoisotopic (exact) mass is 292 g/mol. The first-order valence-electron chi connectivity index (χ1n) is 5.98. The first kappa shape index (κ1) is 14.2. The Morgan fingerprint density at radius 2 is 1.70 bits per heavy atom. The van der Waals surface area contributed by atoms with Crippen LogP contribution in [-0.4, -0.2) is 27.6 Å². The lowest BCUT2D eigenvalue weighted by atomic mass is 10.3. The van der Waals surface area contributed by atoms with Gasteiger partial charge in [0.1, 0.15) is 5.75 Å². The molecule has 0 aliphatic rings. The summed E-state index contributed by atoms with van der Waals surface area (Å²) in [7, 11) is 0.113.